The van der Waals surface area contributed by atoms with E-state index in [1.807, 2.05) is 30.3 Å². The van der Waals surface area contributed by atoms with Crippen LogP contribution in [0.15, 0.2) is 79.3 Å². The molecular weight excluding hydrogens is 515 g/mol. The molecule has 1 aliphatic rings. The third-order valence-corrected chi connectivity index (χ3v) is 8.05. The standard InChI is InChI=1S/C33H29FN6O/c34-27-9-5-4-8-24(27)32-26-17-30(38-28(26)12-13-36-32)33-25-16-21(10-11-29(25)39-40-33)22-15-23(19-35-18-22)37-31(41)14-20-6-2-1-3-7-20/h4-5,8-13,15-20,38H,1-3,6-7,14H2,(H,37,41)(H,39,40). The minimum atomic E-state index is -0.314. The van der Waals surface area contributed by atoms with Gasteiger partial charge in [0.2, 0.25) is 5.91 Å². The van der Waals surface area contributed by atoms with Crippen LogP contribution in [0.2, 0.25) is 0 Å². The number of pyridine rings is 2. The fourth-order valence-corrected chi connectivity index (χ4v) is 5.98. The van der Waals surface area contributed by atoms with Crippen molar-refractivity contribution < 1.29 is 9.18 Å². The van der Waals surface area contributed by atoms with E-state index >= 15 is 0 Å². The Labute approximate surface area is 236 Å². The zero-order chi connectivity index (χ0) is 27.8. The van der Waals surface area contributed by atoms with E-state index in [1.54, 1.807) is 36.8 Å². The number of fused-ring (bicyclic) bond motifs is 2. The van der Waals surface area contributed by atoms with Crippen molar-refractivity contribution in [3.8, 4) is 33.8 Å². The number of H-pyrrole nitrogens is 2. The zero-order valence-electron chi connectivity index (χ0n) is 22.5. The highest BCUT2D eigenvalue weighted by molar-refractivity contribution is 6.01. The van der Waals surface area contributed by atoms with Gasteiger partial charge in [-0.05, 0) is 66.8 Å². The van der Waals surface area contributed by atoms with E-state index in [2.05, 4.69) is 36.5 Å². The fourth-order valence-electron chi connectivity index (χ4n) is 5.98. The molecule has 0 unspecified atom stereocenters. The van der Waals surface area contributed by atoms with Crippen LogP contribution in [0.4, 0.5) is 10.1 Å². The average molecular weight is 545 g/mol. The Hall–Kier alpha value is -4.85. The molecule has 3 N–H and O–H groups in total. The SMILES string of the molecule is O=C(CC1CCCCC1)Nc1cncc(-c2ccc3[nH]nc(-c4cc5c(-c6ccccc6F)nccc5[nH]4)c3c2)c1. The van der Waals surface area contributed by atoms with Crippen molar-refractivity contribution in [1.82, 2.24) is 25.1 Å². The van der Waals surface area contributed by atoms with Gasteiger partial charge in [-0.3, -0.25) is 19.9 Å². The first kappa shape index (κ1) is 25.1. The fraction of sp³-hybridized carbons (Fsp3) is 0.212. The van der Waals surface area contributed by atoms with Crippen molar-refractivity contribution in [2.75, 3.05) is 5.32 Å². The number of carbonyl (C=O) groups is 1. The lowest BCUT2D eigenvalue weighted by molar-refractivity contribution is -0.117. The predicted octanol–water partition coefficient (Wildman–Crippen LogP) is 7.88. The number of anilines is 1. The molecule has 6 aromatic rings. The summed E-state index contributed by atoms with van der Waals surface area (Å²) in [6, 6.07) is 18.5. The monoisotopic (exact) mass is 544 g/mol. The van der Waals surface area contributed by atoms with Crippen LogP contribution in [0.5, 0.6) is 0 Å². The molecule has 0 saturated heterocycles. The predicted molar refractivity (Wildman–Crippen MR) is 160 cm³/mol. The Morgan fingerprint density at radius 3 is 2.63 bits per heavy atom. The number of nitrogens with zero attached hydrogens (tertiary/aromatic N) is 3. The van der Waals surface area contributed by atoms with Crippen molar-refractivity contribution in [3.05, 3.63) is 85.1 Å². The normalized spacial score (nSPS) is 14.1. The second-order valence-corrected chi connectivity index (χ2v) is 10.8. The van der Waals surface area contributed by atoms with Gasteiger partial charge >= 0.3 is 0 Å². The molecule has 1 fully saturated rings. The number of benzene rings is 2. The molecule has 204 valence electrons. The first-order valence-corrected chi connectivity index (χ1v) is 14.1. The first-order chi connectivity index (χ1) is 20.1. The maximum Gasteiger partial charge on any atom is 0.224 e. The van der Waals surface area contributed by atoms with E-state index in [9.17, 15) is 9.18 Å². The summed E-state index contributed by atoms with van der Waals surface area (Å²) >= 11 is 0. The van der Waals surface area contributed by atoms with E-state index in [1.165, 1.54) is 25.3 Å². The Morgan fingerprint density at radius 2 is 1.76 bits per heavy atom. The topological polar surface area (TPSA) is 99.3 Å². The van der Waals surface area contributed by atoms with E-state index in [0.29, 0.717) is 29.3 Å². The molecule has 41 heavy (non-hydrogen) atoms. The largest absolute Gasteiger partial charge is 0.353 e. The minimum Gasteiger partial charge on any atom is -0.353 e. The van der Waals surface area contributed by atoms with Gasteiger partial charge in [-0.1, -0.05) is 37.5 Å². The molecule has 0 radical (unpaired) electrons. The number of halogens is 1. The Balaban J connectivity index is 1.20. The Bertz CT molecular complexity index is 1880. The number of hydrogen-bond donors (Lipinski definition) is 3. The van der Waals surface area contributed by atoms with Crippen LogP contribution in [0.3, 0.4) is 0 Å². The third-order valence-electron chi connectivity index (χ3n) is 8.05. The van der Waals surface area contributed by atoms with Gasteiger partial charge in [0.1, 0.15) is 11.5 Å². The average Bonchev–Trinajstić information content (AvgIpc) is 3.62. The van der Waals surface area contributed by atoms with E-state index < -0.39 is 0 Å². The lowest BCUT2D eigenvalue weighted by Crippen LogP contribution is -2.18. The van der Waals surface area contributed by atoms with Crippen molar-refractivity contribution in [1.29, 1.82) is 0 Å². The maximum absolute atomic E-state index is 14.6. The summed E-state index contributed by atoms with van der Waals surface area (Å²) in [5, 5.41) is 12.5. The van der Waals surface area contributed by atoms with E-state index in [4.69, 9.17) is 0 Å². The first-order valence-electron chi connectivity index (χ1n) is 14.1. The lowest BCUT2D eigenvalue weighted by atomic mass is 9.87. The number of hydrogen-bond acceptors (Lipinski definition) is 4. The summed E-state index contributed by atoms with van der Waals surface area (Å²) in [5.74, 6) is 0.211. The molecule has 8 heteroatoms. The Kier molecular flexibility index (Phi) is 6.51. The highest BCUT2D eigenvalue weighted by Gasteiger charge is 2.18. The summed E-state index contributed by atoms with van der Waals surface area (Å²) in [5.41, 5.74) is 6.88. The van der Waals surface area contributed by atoms with Crippen LogP contribution in [0.25, 0.3) is 55.6 Å². The van der Waals surface area contributed by atoms with Crippen LogP contribution >= 0.6 is 0 Å². The number of amides is 1. The van der Waals surface area contributed by atoms with Crippen LogP contribution < -0.4 is 5.32 Å². The van der Waals surface area contributed by atoms with Crippen molar-refractivity contribution in [2.24, 2.45) is 5.92 Å². The van der Waals surface area contributed by atoms with Gasteiger partial charge in [0.25, 0.3) is 0 Å². The van der Waals surface area contributed by atoms with Crippen LogP contribution in [0.1, 0.15) is 38.5 Å². The van der Waals surface area contributed by atoms with Crippen molar-refractivity contribution in [2.45, 2.75) is 38.5 Å². The highest BCUT2D eigenvalue weighted by atomic mass is 19.1. The summed E-state index contributed by atoms with van der Waals surface area (Å²) in [7, 11) is 0. The number of aromatic nitrogens is 5. The molecule has 7 rings (SSSR count). The lowest BCUT2D eigenvalue weighted by Gasteiger charge is -2.20. The number of rotatable bonds is 6. The van der Waals surface area contributed by atoms with Crippen LogP contribution in [-0.4, -0.2) is 31.1 Å². The quantitative estimate of drug-likeness (QED) is 0.199. The van der Waals surface area contributed by atoms with E-state index in [-0.39, 0.29) is 11.7 Å². The van der Waals surface area contributed by atoms with Gasteiger partial charge in [0.05, 0.1) is 28.8 Å². The van der Waals surface area contributed by atoms with Crippen molar-refractivity contribution in [3.63, 3.8) is 0 Å². The molecule has 4 aromatic heterocycles. The zero-order valence-corrected chi connectivity index (χ0v) is 22.5. The molecule has 0 aliphatic heterocycles. The molecule has 0 spiro atoms. The summed E-state index contributed by atoms with van der Waals surface area (Å²) in [4.78, 5) is 25.0. The van der Waals surface area contributed by atoms with E-state index in [0.717, 1.165) is 57.2 Å². The molecule has 1 saturated carbocycles. The molecule has 1 aliphatic carbocycles. The number of nitrogens with one attached hydrogen (secondary N) is 3. The van der Waals surface area contributed by atoms with Gasteiger partial charge in [-0.15, -0.1) is 0 Å². The second-order valence-electron chi connectivity index (χ2n) is 10.8. The molecule has 7 nitrogen and oxygen atoms in total. The molecule has 2 aromatic carbocycles. The molecular formula is C33H29FN6O. The van der Waals surface area contributed by atoms with Gasteiger partial charge in [0.15, 0.2) is 0 Å². The van der Waals surface area contributed by atoms with Crippen molar-refractivity contribution >= 4 is 33.4 Å². The molecule has 4 heterocycles. The maximum atomic E-state index is 14.6. The summed E-state index contributed by atoms with van der Waals surface area (Å²) in [6.07, 6.45) is 11.7. The minimum absolute atomic E-state index is 0.0477. The van der Waals surface area contributed by atoms with Gasteiger partial charge in [-0.2, -0.15) is 5.10 Å². The molecule has 0 atom stereocenters. The highest BCUT2D eigenvalue weighted by Crippen LogP contribution is 2.35. The molecule has 0 bridgehead atoms. The van der Waals surface area contributed by atoms with Gasteiger partial charge in [0, 0.05) is 46.2 Å². The van der Waals surface area contributed by atoms with Crippen LogP contribution in [-0.2, 0) is 4.79 Å². The number of aromatic amines is 2. The summed E-state index contributed by atoms with van der Waals surface area (Å²) < 4.78 is 14.6. The van der Waals surface area contributed by atoms with Crippen LogP contribution in [0, 0.1) is 11.7 Å². The Morgan fingerprint density at radius 1 is 0.902 bits per heavy atom. The summed E-state index contributed by atoms with van der Waals surface area (Å²) in [6.45, 7) is 0. The smallest absolute Gasteiger partial charge is 0.224 e. The van der Waals surface area contributed by atoms with Gasteiger partial charge in [-0.25, -0.2) is 4.39 Å². The number of carbonyl (C=O) groups excluding carboxylic acids is 1. The second kappa shape index (κ2) is 10.6. The third kappa shape index (κ3) is 4.97. The molecule has 1 amide bonds. The van der Waals surface area contributed by atoms with Gasteiger partial charge < -0.3 is 10.3 Å².